The average Bonchev–Trinajstić information content (AvgIpc) is 2.90. The Morgan fingerprint density at radius 1 is 0.857 bits per heavy atom. The van der Waals surface area contributed by atoms with E-state index in [-0.39, 0.29) is 15.9 Å². The van der Waals surface area contributed by atoms with Gasteiger partial charge in [0.2, 0.25) is 5.52 Å². The molecule has 96 valence electrons. The fourth-order valence-corrected chi connectivity index (χ4v) is 3.46. The van der Waals surface area contributed by atoms with Crippen LogP contribution in [0.1, 0.15) is 0 Å². The van der Waals surface area contributed by atoms with E-state index >= 15 is 0 Å². The van der Waals surface area contributed by atoms with E-state index in [4.69, 9.17) is 0 Å². The standard InChI is InChI=1S/C17H11NOS.Be/c19-15-10-12-6-2-1-5-11(12)9-13(15)17-18-14-7-3-4-8-16(14)20-17;/h1-10,19H;/q;+2. The number of thiazole rings is 1. The molecule has 0 unspecified atom stereocenters. The smallest absolute Gasteiger partial charge is 0.872 e. The molecule has 0 spiro atoms. The van der Waals surface area contributed by atoms with Gasteiger partial charge in [-0.15, -0.1) is 0 Å². The first-order valence-electron chi connectivity index (χ1n) is 6.42. The van der Waals surface area contributed by atoms with Crippen LogP contribution in [0.5, 0.6) is 5.75 Å². The van der Waals surface area contributed by atoms with Crippen molar-refractivity contribution in [2.75, 3.05) is 0 Å². The third-order valence-electron chi connectivity index (χ3n) is 3.44. The number of benzene rings is 3. The second-order valence-electron chi connectivity index (χ2n) is 4.75. The van der Waals surface area contributed by atoms with Crippen molar-refractivity contribution in [1.29, 1.82) is 0 Å². The van der Waals surface area contributed by atoms with Crippen molar-refractivity contribution in [2.45, 2.75) is 0 Å². The first-order chi connectivity index (χ1) is 9.81. The van der Waals surface area contributed by atoms with Crippen LogP contribution in [0, 0.1) is 0 Å². The molecule has 0 radical (unpaired) electrons. The molecule has 4 aromatic rings. The van der Waals surface area contributed by atoms with Crippen LogP contribution in [0.15, 0.2) is 60.7 Å². The number of hydrogen-bond acceptors (Lipinski definition) is 2. The van der Waals surface area contributed by atoms with Crippen LogP contribution in [-0.2, 0) is 0 Å². The summed E-state index contributed by atoms with van der Waals surface area (Å²) in [7, 11) is 0. The summed E-state index contributed by atoms with van der Waals surface area (Å²) in [5, 5.41) is 15.3. The molecule has 1 heterocycles. The molecule has 3 aromatic carbocycles. The van der Waals surface area contributed by atoms with Gasteiger partial charge in [-0.1, -0.05) is 59.6 Å². The van der Waals surface area contributed by atoms with Crippen molar-refractivity contribution < 1.29 is 10.1 Å². The second-order valence-corrected chi connectivity index (χ2v) is 5.80. The number of H-pyrrole nitrogens is 1. The van der Waals surface area contributed by atoms with Gasteiger partial charge in [0.1, 0.15) is 4.70 Å². The van der Waals surface area contributed by atoms with Gasteiger partial charge in [0, 0.05) is 6.07 Å². The molecule has 0 atom stereocenters. The van der Waals surface area contributed by atoms with Crippen LogP contribution in [0.4, 0.5) is 0 Å². The van der Waals surface area contributed by atoms with Crippen LogP contribution in [0.3, 0.4) is 0 Å². The number of aromatic amines is 1. The molecule has 0 aliphatic rings. The minimum atomic E-state index is 0. The third-order valence-corrected chi connectivity index (χ3v) is 4.54. The predicted molar refractivity (Wildman–Crippen MR) is 86.5 cm³/mol. The number of fused-ring (bicyclic) bond motifs is 2. The van der Waals surface area contributed by atoms with E-state index in [1.165, 1.54) is 0 Å². The van der Waals surface area contributed by atoms with Crippen LogP contribution >= 0.6 is 11.3 Å². The van der Waals surface area contributed by atoms with Crippen LogP contribution < -0.4 is 10.1 Å². The predicted octanol–water partition coefficient (Wildman–Crippen LogP) is 3.23. The maximum Gasteiger partial charge on any atom is 2.00 e. The van der Waals surface area contributed by atoms with E-state index in [0.29, 0.717) is 0 Å². The Morgan fingerprint density at radius 3 is 2.29 bits per heavy atom. The number of para-hydroxylation sites is 1. The van der Waals surface area contributed by atoms with Crippen LogP contribution in [0.25, 0.3) is 31.6 Å². The molecule has 4 heteroatoms. The van der Waals surface area contributed by atoms with Crippen molar-refractivity contribution in [1.82, 2.24) is 0 Å². The minimum Gasteiger partial charge on any atom is -0.872 e. The molecule has 0 aliphatic carbocycles. The van der Waals surface area contributed by atoms with Crippen molar-refractivity contribution >= 4 is 42.4 Å². The average molecular weight is 286 g/mol. The van der Waals surface area contributed by atoms with E-state index in [1.54, 1.807) is 17.4 Å². The van der Waals surface area contributed by atoms with Crippen LogP contribution in [-0.4, -0.2) is 10.1 Å². The van der Waals surface area contributed by atoms with E-state index in [9.17, 15) is 5.11 Å². The topological polar surface area (TPSA) is 37.2 Å². The molecule has 4 rings (SSSR count). The van der Waals surface area contributed by atoms with E-state index < -0.39 is 0 Å². The van der Waals surface area contributed by atoms with E-state index in [0.717, 1.165) is 31.6 Å². The fraction of sp³-hybridized carbons (Fsp3) is 0. The van der Waals surface area contributed by atoms with Gasteiger partial charge < -0.3 is 5.11 Å². The normalized spacial score (nSPS) is 10.7. The maximum atomic E-state index is 12.3. The molecule has 0 saturated heterocycles. The monoisotopic (exact) mass is 286 g/mol. The summed E-state index contributed by atoms with van der Waals surface area (Å²) in [5.41, 5.74) is 1.81. The fourth-order valence-electron chi connectivity index (χ4n) is 2.44. The maximum absolute atomic E-state index is 12.3. The Kier molecular flexibility index (Phi) is 3.46. The van der Waals surface area contributed by atoms with Gasteiger partial charge in [-0.3, -0.25) is 0 Å². The molecule has 21 heavy (non-hydrogen) atoms. The zero-order chi connectivity index (χ0) is 13.5. The van der Waals surface area contributed by atoms with Gasteiger partial charge in [0.25, 0.3) is 5.01 Å². The molecule has 2 nitrogen and oxygen atoms in total. The Morgan fingerprint density at radius 2 is 1.52 bits per heavy atom. The molecule has 0 fully saturated rings. The molecule has 1 N–H and O–H groups in total. The molecule has 0 aliphatic heterocycles. The zero-order valence-electron chi connectivity index (χ0n) is 11.3. The summed E-state index contributed by atoms with van der Waals surface area (Å²) in [6.07, 6.45) is 0. The quantitative estimate of drug-likeness (QED) is 0.495. The van der Waals surface area contributed by atoms with Gasteiger partial charge in [-0.2, -0.15) is 4.98 Å². The zero-order valence-corrected chi connectivity index (χ0v) is 12.1. The first-order valence-corrected chi connectivity index (χ1v) is 7.24. The molecular formula is C17H11BeNOS+2. The number of rotatable bonds is 1. The molecule has 1 aromatic heterocycles. The van der Waals surface area contributed by atoms with Crippen molar-refractivity contribution in [3.8, 4) is 16.3 Å². The number of aromatic nitrogens is 1. The summed E-state index contributed by atoms with van der Waals surface area (Å²) in [6, 6.07) is 19.7. The largest absolute Gasteiger partial charge is 2.00 e. The Labute approximate surface area is 129 Å². The summed E-state index contributed by atoms with van der Waals surface area (Å²) in [6.45, 7) is 0. The summed E-state index contributed by atoms with van der Waals surface area (Å²) in [4.78, 5) is 3.34. The number of nitrogens with one attached hydrogen (secondary N) is 1. The summed E-state index contributed by atoms with van der Waals surface area (Å²) >= 11 is 1.62. The van der Waals surface area contributed by atoms with Gasteiger partial charge in [-0.05, 0) is 22.9 Å². The molecule has 0 saturated carbocycles. The van der Waals surface area contributed by atoms with Crippen molar-refractivity contribution in [3.63, 3.8) is 0 Å². The molecule has 0 amide bonds. The van der Waals surface area contributed by atoms with E-state index in [1.807, 2.05) is 48.5 Å². The minimum absolute atomic E-state index is 0. The summed E-state index contributed by atoms with van der Waals surface area (Å²) < 4.78 is 1.16. The van der Waals surface area contributed by atoms with Crippen molar-refractivity contribution in [3.05, 3.63) is 60.7 Å². The number of hydrogen-bond donors (Lipinski definition) is 0. The van der Waals surface area contributed by atoms with Gasteiger partial charge >= 0.3 is 10.1 Å². The Bertz CT molecular complexity index is 899. The Hall–Kier alpha value is -2.22. The van der Waals surface area contributed by atoms with Gasteiger partial charge in [-0.25, -0.2) is 0 Å². The van der Waals surface area contributed by atoms with Gasteiger partial charge in [0.15, 0.2) is 0 Å². The van der Waals surface area contributed by atoms with Crippen molar-refractivity contribution in [2.24, 2.45) is 0 Å². The third kappa shape index (κ3) is 2.31. The van der Waals surface area contributed by atoms with Crippen LogP contribution in [0.2, 0.25) is 0 Å². The Balaban J connectivity index is 0.00000132. The molecular weight excluding hydrogens is 275 g/mol. The SMILES string of the molecule is [Be+2].[O-]c1cc2ccccc2cc1-c1[nH+]c2ccccc2s1. The summed E-state index contributed by atoms with van der Waals surface area (Å²) in [5.74, 6) is 0.0616. The van der Waals surface area contributed by atoms with E-state index in [2.05, 4.69) is 11.1 Å². The first kappa shape index (κ1) is 13.7. The van der Waals surface area contributed by atoms with Gasteiger partial charge in [0.05, 0.1) is 5.56 Å². The second kappa shape index (κ2) is 5.28. The molecule has 0 bridgehead atoms.